The lowest BCUT2D eigenvalue weighted by atomic mass is 10.1. The van der Waals surface area contributed by atoms with Gasteiger partial charge >= 0.3 is 0 Å². The van der Waals surface area contributed by atoms with Crippen LogP contribution >= 0.6 is 0 Å². The molecule has 130 valence electrons. The van der Waals surface area contributed by atoms with E-state index in [1.54, 1.807) is 24.3 Å². The molecule has 0 radical (unpaired) electrons. The number of hydrogen-bond acceptors (Lipinski definition) is 5. The molecule has 1 heterocycles. The van der Waals surface area contributed by atoms with Crippen LogP contribution in [0, 0.1) is 5.92 Å². The molecule has 2 unspecified atom stereocenters. The quantitative estimate of drug-likeness (QED) is 0.738. The molecule has 1 aromatic carbocycles. The number of ether oxygens (including phenoxy) is 1. The highest BCUT2D eigenvalue weighted by atomic mass is 32.2. The number of sulfonamides is 2. The second-order valence-corrected chi connectivity index (χ2v) is 9.81. The van der Waals surface area contributed by atoms with E-state index in [0.29, 0.717) is 5.56 Å². The molecule has 1 saturated heterocycles. The van der Waals surface area contributed by atoms with E-state index >= 15 is 0 Å². The van der Waals surface area contributed by atoms with Crippen molar-refractivity contribution in [2.45, 2.75) is 11.8 Å². The molecule has 0 bridgehead atoms. The van der Waals surface area contributed by atoms with Gasteiger partial charge in [-0.2, -0.15) is 0 Å². The van der Waals surface area contributed by atoms with Crippen LogP contribution in [-0.2, 0) is 30.5 Å². The molecule has 1 aliphatic heterocycles. The van der Waals surface area contributed by atoms with Gasteiger partial charge in [0.15, 0.2) is 0 Å². The molecule has 2 atom stereocenters. The number of rotatable bonds is 7. The standard InChI is InChI=1S/C14H22N2O5S2/c1-16(2)23(19,20)11-13-8-21-9-14(13)15-22(17,18)10-12-6-4-3-5-7-12/h3-7,13-15H,8-11H2,1-2H3. The highest BCUT2D eigenvalue weighted by Crippen LogP contribution is 2.18. The number of nitrogens with zero attached hydrogens (tertiary/aromatic N) is 1. The van der Waals surface area contributed by atoms with Gasteiger partial charge < -0.3 is 4.74 Å². The van der Waals surface area contributed by atoms with Gasteiger partial charge in [0.05, 0.1) is 30.8 Å². The second kappa shape index (κ2) is 7.27. The van der Waals surface area contributed by atoms with E-state index in [9.17, 15) is 16.8 Å². The third kappa shape index (κ3) is 5.25. The summed E-state index contributed by atoms with van der Waals surface area (Å²) < 4.78 is 57.5. The average Bonchev–Trinajstić information content (AvgIpc) is 2.84. The molecule has 0 amide bonds. The summed E-state index contributed by atoms with van der Waals surface area (Å²) in [6, 6.07) is 8.30. The van der Waals surface area contributed by atoms with Crippen LogP contribution in [0.4, 0.5) is 0 Å². The molecule has 2 rings (SSSR count). The van der Waals surface area contributed by atoms with Crippen molar-refractivity contribution in [3.8, 4) is 0 Å². The Morgan fingerprint density at radius 2 is 1.78 bits per heavy atom. The van der Waals surface area contributed by atoms with Crippen molar-refractivity contribution in [3.63, 3.8) is 0 Å². The molecule has 9 heteroatoms. The highest BCUT2D eigenvalue weighted by molar-refractivity contribution is 7.89. The molecule has 1 aromatic rings. The van der Waals surface area contributed by atoms with Crippen LogP contribution in [0.3, 0.4) is 0 Å². The molecular weight excluding hydrogens is 340 g/mol. The van der Waals surface area contributed by atoms with Crippen LogP contribution in [0.1, 0.15) is 5.56 Å². The third-order valence-corrected chi connectivity index (χ3v) is 7.05. The van der Waals surface area contributed by atoms with E-state index in [2.05, 4.69) is 4.72 Å². The zero-order valence-electron chi connectivity index (χ0n) is 13.2. The lowest BCUT2D eigenvalue weighted by Gasteiger charge is -2.21. The van der Waals surface area contributed by atoms with E-state index < -0.39 is 32.0 Å². The normalized spacial score (nSPS) is 22.6. The van der Waals surface area contributed by atoms with Gasteiger partial charge in [-0.3, -0.25) is 0 Å². The zero-order valence-corrected chi connectivity index (χ0v) is 14.8. The minimum atomic E-state index is -3.57. The Labute approximate surface area is 137 Å². The molecule has 0 saturated carbocycles. The summed E-state index contributed by atoms with van der Waals surface area (Å²) in [5, 5.41) is 0. The van der Waals surface area contributed by atoms with Crippen molar-refractivity contribution >= 4 is 20.0 Å². The smallest absolute Gasteiger partial charge is 0.216 e. The first kappa shape index (κ1) is 18.3. The van der Waals surface area contributed by atoms with Gasteiger partial charge in [0.2, 0.25) is 20.0 Å². The SMILES string of the molecule is CN(C)S(=O)(=O)CC1COCC1NS(=O)(=O)Cc1ccccc1. The fraction of sp³-hybridized carbons (Fsp3) is 0.571. The van der Waals surface area contributed by atoms with Gasteiger partial charge in [-0.15, -0.1) is 0 Å². The maximum absolute atomic E-state index is 12.3. The molecule has 0 aromatic heterocycles. The molecule has 7 nitrogen and oxygen atoms in total. The topological polar surface area (TPSA) is 92.8 Å². The van der Waals surface area contributed by atoms with Crippen LogP contribution in [0.2, 0.25) is 0 Å². The van der Waals surface area contributed by atoms with Gasteiger partial charge in [-0.1, -0.05) is 30.3 Å². The number of nitrogens with one attached hydrogen (secondary N) is 1. The summed E-state index contributed by atoms with van der Waals surface area (Å²) in [5.41, 5.74) is 0.677. The Bertz CT molecular complexity index is 717. The summed E-state index contributed by atoms with van der Waals surface area (Å²) in [4.78, 5) is 0. The van der Waals surface area contributed by atoms with Gasteiger partial charge in [0.25, 0.3) is 0 Å². The summed E-state index contributed by atoms with van der Waals surface area (Å²) in [7, 11) is -4.06. The fourth-order valence-corrected chi connectivity index (χ4v) is 4.98. The Kier molecular flexibility index (Phi) is 5.79. The zero-order chi connectivity index (χ0) is 17.1. The van der Waals surface area contributed by atoms with E-state index in [0.717, 1.165) is 4.31 Å². The molecule has 0 aliphatic carbocycles. The van der Waals surface area contributed by atoms with E-state index in [-0.39, 0.29) is 24.7 Å². The Balaban J connectivity index is 2.03. The molecule has 1 N–H and O–H groups in total. The lowest BCUT2D eigenvalue weighted by Crippen LogP contribution is -2.43. The van der Waals surface area contributed by atoms with Crippen LogP contribution in [-0.4, -0.2) is 60.2 Å². The van der Waals surface area contributed by atoms with Gasteiger partial charge in [0, 0.05) is 20.0 Å². The van der Waals surface area contributed by atoms with Gasteiger partial charge in [-0.25, -0.2) is 25.9 Å². The Morgan fingerprint density at radius 1 is 1.13 bits per heavy atom. The lowest BCUT2D eigenvalue weighted by molar-refractivity contribution is 0.185. The number of benzene rings is 1. The van der Waals surface area contributed by atoms with E-state index in [1.807, 2.05) is 6.07 Å². The van der Waals surface area contributed by atoms with Gasteiger partial charge in [-0.05, 0) is 5.56 Å². The predicted octanol–water partition coefficient (Wildman–Crippen LogP) is 0.0124. The summed E-state index contributed by atoms with van der Waals surface area (Å²) >= 11 is 0. The average molecular weight is 362 g/mol. The van der Waals surface area contributed by atoms with Crippen LogP contribution in [0.5, 0.6) is 0 Å². The van der Waals surface area contributed by atoms with Gasteiger partial charge in [0.1, 0.15) is 0 Å². The predicted molar refractivity (Wildman–Crippen MR) is 87.8 cm³/mol. The Hall–Kier alpha value is -1.00. The monoisotopic (exact) mass is 362 g/mol. The summed E-state index contributed by atoms with van der Waals surface area (Å²) in [6.07, 6.45) is 0. The van der Waals surface area contributed by atoms with Crippen molar-refractivity contribution in [2.75, 3.05) is 33.1 Å². The number of hydrogen-bond donors (Lipinski definition) is 1. The molecule has 1 aliphatic rings. The van der Waals surface area contributed by atoms with Crippen molar-refractivity contribution in [1.29, 1.82) is 0 Å². The largest absolute Gasteiger partial charge is 0.379 e. The highest BCUT2D eigenvalue weighted by Gasteiger charge is 2.35. The molecule has 23 heavy (non-hydrogen) atoms. The van der Waals surface area contributed by atoms with Crippen molar-refractivity contribution in [3.05, 3.63) is 35.9 Å². The van der Waals surface area contributed by atoms with E-state index in [1.165, 1.54) is 14.1 Å². The van der Waals surface area contributed by atoms with Crippen molar-refractivity contribution in [2.24, 2.45) is 5.92 Å². The van der Waals surface area contributed by atoms with Crippen LogP contribution in [0.25, 0.3) is 0 Å². The van der Waals surface area contributed by atoms with Crippen molar-refractivity contribution in [1.82, 2.24) is 9.03 Å². The summed E-state index contributed by atoms with van der Waals surface area (Å²) in [5.74, 6) is -0.677. The van der Waals surface area contributed by atoms with E-state index in [4.69, 9.17) is 4.74 Å². The van der Waals surface area contributed by atoms with Crippen LogP contribution in [0.15, 0.2) is 30.3 Å². The summed E-state index contributed by atoms with van der Waals surface area (Å²) in [6.45, 7) is 0.410. The molecule has 0 spiro atoms. The Morgan fingerprint density at radius 3 is 2.39 bits per heavy atom. The van der Waals surface area contributed by atoms with Crippen molar-refractivity contribution < 1.29 is 21.6 Å². The minimum absolute atomic E-state index is 0.140. The third-order valence-electron chi connectivity index (χ3n) is 3.71. The first-order valence-electron chi connectivity index (χ1n) is 7.21. The maximum Gasteiger partial charge on any atom is 0.216 e. The molecular formula is C14H22N2O5S2. The first-order chi connectivity index (χ1) is 10.7. The minimum Gasteiger partial charge on any atom is -0.379 e. The first-order valence-corrected chi connectivity index (χ1v) is 10.5. The fourth-order valence-electron chi connectivity index (χ4n) is 2.38. The maximum atomic E-state index is 12.3. The second-order valence-electron chi connectivity index (χ2n) is 5.83. The van der Waals surface area contributed by atoms with Crippen LogP contribution < -0.4 is 4.72 Å². The molecule has 1 fully saturated rings.